The van der Waals surface area contributed by atoms with Crippen molar-refractivity contribution in [3.8, 4) is 0 Å². The minimum Gasteiger partial charge on any atom is -0.465 e. The first kappa shape index (κ1) is 27.2. The predicted octanol–water partition coefficient (Wildman–Crippen LogP) is 4.78. The maximum absolute atomic E-state index is 13.4. The van der Waals surface area contributed by atoms with Crippen molar-refractivity contribution in [2.75, 3.05) is 13.2 Å². The number of rotatable bonds is 9. The lowest BCUT2D eigenvalue weighted by Crippen LogP contribution is -2.38. The van der Waals surface area contributed by atoms with Gasteiger partial charge in [-0.25, -0.2) is 13.1 Å². The van der Waals surface area contributed by atoms with Crippen LogP contribution in [0.2, 0.25) is 5.02 Å². The van der Waals surface area contributed by atoms with E-state index in [-0.39, 0.29) is 35.0 Å². The first-order valence-electron chi connectivity index (χ1n) is 11.6. The molecule has 0 radical (unpaired) electrons. The highest BCUT2D eigenvalue weighted by atomic mass is 35.5. The van der Waals surface area contributed by atoms with Crippen molar-refractivity contribution in [3.63, 3.8) is 0 Å². The van der Waals surface area contributed by atoms with Gasteiger partial charge in [-0.2, -0.15) is 0 Å². The van der Waals surface area contributed by atoms with E-state index >= 15 is 0 Å². The Bertz CT molecular complexity index is 1180. The van der Waals surface area contributed by atoms with Crippen molar-refractivity contribution >= 4 is 33.6 Å². The average Bonchev–Trinajstić information content (AvgIpc) is 3.10. The van der Waals surface area contributed by atoms with Gasteiger partial charge < -0.3 is 9.47 Å². The molecule has 0 aliphatic heterocycles. The fourth-order valence-corrected chi connectivity index (χ4v) is 5.56. The molecule has 1 N–H and O–H groups in total. The molecule has 0 unspecified atom stereocenters. The van der Waals surface area contributed by atoms with E-state index in [1.54, 1.807) is 30.3 Å². The summed E-state index contributed by atoms with van der Waals surface area (Å²) in [5, 5.41) is 0.250. The number of halogens is 1. The first-order chi connectivity index (χ1) is 16.4. The number of sulfonamides is 1. The molecule has 0 bridgehead atoms. The molecule has 35 heavy (non-hydrogen) atoms. The third kappa shape index (κ3) is 6.23. The van der Waals surface area contributed by atoms with Crippen LogP contribution in [-0.2, 0) is 29.1 Å². The average molecular weight is 522 g/mol. The Morgan fingerprint density at radius 1 is 0.943 bits per heavy atom. The highest BCUT2D eigenvalue weighted by molar-refractivity contribution is 7.89. The molecule has 0 saturated heterocycles. The lowest BCUT2D eigenvalue weighted by Gasteiger charge is -2.25. The van der Waals surface area contributed by atoms with Gasteiger partial charge in [0.2, 0.25) is 10.0 Å². The molecule has 0 saturated carbocycles. The highest BCUT2D eigenvalue weighted by Gasteiger charge is 2.52. The number of hydrogen-bond donors (Lipinski definition) is 1. The number of carbonyl (C=O) groups excluding carboxylic acids is 2. The molecule has 1 aliphatic rings. The number of esters is 2. The summed E-state index contributed by atoms with van der Waals surface area (Å²) in [6.45, 7) is 9.73. The largest absolute Gasteiger partial charge is 0.465 e. The Hall–Kier alpha value is -2.42. The fourth-order valence-electron chi connectivity index (χ4n) is 4.03. The van der Waals surface area contributed by atoms with Crippen molar-refractivity contribution in [1.29, 1.82) is 0 Å². The van der Waals surface area contributed by atoms with E-state index in [1.165, 1.54) is 12.1 Å². The summed E-state index contributed by atoms with van der Waals surface area (Å²) in [4.78, 5) is 26.6. The van der Waals surface area contributed by atoms with E-state index in [4.69, 9.17) is 21.1 Å². The van der Waals surface area contributed by atoms with Gasteiger partial charge in [0.1, 0.15) is 0 Å². The van der Waals surface area contributed by atoms with E-state index in [9.17, 15) is 18.0 Å². The molecule has 190 valence electrons. The highest BCUT2D eigenvalue weighted by Crippen LogP contribution is 2.49. The number of nitrogens with one attached hydrogen (secondary N) is 1. The van der Waals surface area contributed by atoms with Crippen molar-refractivity contribution in [2.45, 2.75) is 51.5 Å². The number of hydrogen-bond acceptors (Lipinski definition) is 6. The molecule has 3 atom stereocenters. The van der Waals surface area contributed by atoms with Crippen LogP contribution in [0.25, 0.3) is 0 Å². The van der Waals surface area contributed by atoms with Crippen LogP contribution >= 0.6 is 11.6 Å². The number of fused-ring (bicyclic) bond motifs is 1. The summed E-state index contributed by atoms with van der Waals surface area (Å²) in [5.41, 5.74) is 1.73. The Morgan fingerprint density at radius 2 is 1.51 bits per heavy atom. The van der Waals surface area contributed by atoms with Crippen LogP contribution in [0.1, 0.15) is 56.3 Å². The van der Waals surface area contributed by atoms with E-state index in [0.717, 1.165) is 5.56 Å². The number of ether oxygens (including phenoxy) is 2. The third-order valence-corrected chi connectivity index (χ3v) is 7.49. The quantitative estimate of drug-likeness (QED) is 0.477. The topological polar surface area (TPSA) is 98.8 Å². The minimum absolute atomic E-state index is 0.0387. The fraction of sp³-hybridized carbons (Fsp3) is 0.462. The lowest BCUT2D eigenvalue weighted by molar-refractivity contribution is -0.158. The van der Waals surface area contributed by atoms with Crippen LogP contribution in [0.15, 0.2) is 47.4 Å². The molecule has 0 heterocycles. The smallest absolute Gasteiger partial charge is 0.314 e. The minimum atomic E-state index is -4.06. The Kier molecular flexibility index (Phi) is 8.62. The van der Waals surface area contributed by atoms with Crippen LogP contribution in [0, 0.1) is 24.7 Å². The summed E-state index contributed by atoms with van der Waals surface area (Å²) >= 11 is 6.52. The van der Waals surface area contributed by atoms with Crippen molar-refractivity contribution < 1.29 is 27.5 Å². The zero-order chi connectivity index (χ0) is 25.9. The zero-order valence-electron chi connectivity index (χ0n) is 20.6. The summed E-state index contributed by atoms with van der Waals surface area (Å²) < 4.78 is 40.3. The number of carbonyl (C=O) groups is 2. The number of aryl methyl sites for hydroxylation is 1. The van der Waals surface area contributed by atoms with Crippen molar-refractivity contribution in [1.82, 2.24) is 4.72 Å². The molecule has 0 fully saturated rings. The van der Waals surface area contributed by atoms with Crippen LogP contribution < -0.4 is 4.72 Å². The Morgan fingerprint density at radius 3 is 2.09 bits per heavy atom. The molecular formula is C26H32ClNO6S. The zero-order valence-corrected chi connectivity index (χ0v) is 22.2. The van der Waals surface area contributed by atoms with Crippen LogP contribution in [0.5, 0.6) is 0 Å². The molecule has 0 amide bonds. The summed E-state index contributed by atoms with van der Waals surface area (Å²) in [7, 11) is -4.06. The van der Waals surface area contributed by atoms with Gasteiger partial charge in [-0.1, -0.05) is 69.1 Å². The molecule has 7 nitrogen and oxygen atoms in total. The monoisotopic (exact) mass is 521 g/mol. The molecule has 3 rings (SSSR count). The van der Waals surface area contributed by atoms with E-state index in [1.807, 2.05) is 34.6 Å². The predicted molar refractivity (Wildman–Crippen MR) is 134 cm³/mol. The van der Waals surface area contributed by atoms with Crippen LogP contribution in [0.3, 0.4) is 0 Å². The Labute approximate surface area is 212 Å². The maximum atomic E-state index is 13.4. The second-order valence-electron chi connectivity index (χ2n) is 9.71. The van der Waals surface area contributed by atoms with Gasteiger partial charge in [-0.3, -0.25) is 9.59 Å². The van der Waals surface area contributed by atoms with Crippen LogP contribution in [0.4, 0.5) is 0 Å². The number of benzene rings is 2. The Balaban J connectivity index is 2.08. The third-order valence-electron chi connectivity index (χ3n) is 5.71. The van der Waals surface area contributed by atoms with Crippen molar-refractivity contribution in [3.05, 3.63) is 64.2 Å². The van der Waals surface area contributed by atoms with Gasteiger partial charge >= 0.3 is 11.9 Å². The summed E-state index contributed by atoms with van der Waals surface area (Å²) in [6.07, 6.45) is 0. The molecule has 2 aromatic rings. The van der Waals surface area contributed by atoms with Gasteiger partial charge in [-0.15, -0.1) is 0 Å². The van der Waals surface area contributed by atoms with Gasteiger partial charge in [0, 0.05) is 5.02 Å². The van der Waals surface area contributed by atoms with Gasteiger partial charge in [-0.05, 0) is 48.1 Å². The normalized spacial score (nSPS) is 19.6. The van der Waals surface area contributed by atoms with Crippen LogP contribution in [-0.4, -0.2) is 33.6 Å². The maximum Gasteiger partial charge on any atom is 0.314 e. The molecular weight excluding hydrogens is 490 g/mol. The van der Waals surface area contributed by atoms with E-state index in [0.29, 0.717) is 11.1 Å². The van der Waals surface area contributed by atoms with E-state index < -0.39 is 39.8 Å². The molecule has 0 aromatic heterocycles. The second-order valence-corrected chi connectivity index (χ2v) is 11.8. The molecule has 9 heteroatoms. The lowest BCUT2D eigenvalue weighted by atomic mass is 9.91. The summed E-state index contributed by atoms with van der Waals surface area (Å²) in [6, 6.07) is 10.2. The van der Waals surface area contributed by atoms with E-state index in [2.05, 4.69) is 4.72 Å². The molecule has 2 aromatic carbocycles. The molecule has 1 aliphatic carbocycles. The SMILES string of the molecule is Cc1ccc(S(=O)(=O)N[C@@H]2c3c(Cl)cccc3[C@H](C(=O)OCC(C)C)[C@H]2C(=O)OCC(C)C)cc1. The first-order valence-corrected chi connectivity index (χ1v) is 13.5. The summed E-state index contributed by atoms with van der Waals surface area (Å²) in [5.74, 6) is -3.40. The second kappa shape index (κ2) is 11.1. The van der Waals surface area contributed by atoms with Gasteiger partial charge in [0.05, 0.1) is 36.0 Å². The van der Waals surface area contributed by atoms with Gasteiger partial charge in [0.25, 0.3) is 0 Å². The molecule has 0 spiro atoms. The standard InChI is InChI=1S/C26H32ClNO6S/c1-15(2)13-33-25(29)22-19-7-6-8-20(27)21(19)24(23(22)26(30)34-14-16(3)4)28-35(31,32)18-11-9-17(5)10-12-18/h6-12,15-16,22-24,28H,13-14H2,1-5H3/t22-,23+,24+/m0/s1. The van der Waals surface area contributed by atoms with Crippen molar-refractivity contribution in [2.24, 2.45) is 17.8 Å². The van der Waals surface area contributed by atoms with Gasteiger partial charge in [0.15, 0.2) is 0 Å².